The first-order valence-electron chi connectivity index (χ1n) is 9.44. The Hall–Kier alpha value is -2.73. The Kier molecular flexibility index (Phi) is 6.19. The van der Waals surface area contributed by atoms with E-state index in [0.717, 1.165) is 48.0 Å². The highest BCUT2D eigenvalue weighted by Gasteiger charge is 2.10. The number of fused-ring (bicyclic) bond motifs is 1. The van der Waals surface area contributed by atoms with Gasteiger partial charge >= 0.3 is 0 Å². The standard InChI is InChI=1S/C21H26N4O2/c1-4-6-9-25(5-2)14-21(26)24-20-11-18-10-16(7-8-17(18)12-23-20)19-13-22-15(3)27-19/h7-8,10-13H,4-6,9,14H2,1-3H3,(H,23,24,26). The summed E-state index contributed by atoms with van der Waals surface area (Å²) in [4.78, 5) is 23.0. The summed E-state index contributed by atoms with van der Waals surface area (Å²) >= 11 is 0. The molecule has 2 heterocycles. The summed E-state index contributed by atoms with van der Waals surface area (Å²) < 4.78 is 5.60. The molecule has 0 aliphatic heterocycles. The Balaban J connectivity index is 1.74. The van der Waals surface area contributed by atoms with Gasteiger partial charge in [-0.1, -0.05) is 32.4 Å². The SMILES string of the molecule is CCCCN(CC)CC(=O)Nc1cc2cc(-c3cnc(C)o3)ccc2cn1. The highest BCUT2D eigenvalue weighted by Crippen LogP contribution is 2.26. The largest absolute Gasteiger partial charge is 0.441 e. The molecule has 1 amide bonds. The summed E-state index contributed by atoms with van der Waals surface area (Å²) in [6, 6.07) is 7.88. The van der Waals surface area contributed by atoms with Crippen LogP contribution in [0.25, 0.3) is 22.1 Å². The van der Waals surface area contributed by atoms with E-state index in [9.17, 15) is 4.79 Å². The number of likely N-dealkylation sites (N-methyl/N-ethyl adjacent to an activating group) is 1. The molecular formula is C21H26N4O2. The number of nitrogens with one attached hydrogen (secondary N) is 1. The average Bonchev–Trinajstić information content (AvgIpc) is 3.11. The Labute approximate surface area is 159 Å². The van der Waals surface area contributed by atoms with Crippen molar-refractivity contribution in [3.63, 3.8) is 0 Å². The smallest absolute Gasteiger partial charge is 0.239 e. The summed E-state index contributed by atoms with van der Waals surface area (Å²) in [5.41, 5.74) is 0.948. The molecule has 0 saturated heterocycles. The first-order chi connectivity index (χ1) is 13.1. The fraction of sp³-hybridized carbons (Fsp3) is 0.381. The topological polar surface area (TPSA) is 71.3 Å². The van der Waals surface area contributed by atoms with Gasteiger partial charge in [0, 0.05) is 24.1 Å². The fourth-order valence-corrected chi connectivity index (χ4v) is 2.97. The minimum atomic E-state index is -0.0400. The second kappa shape index (κ2) is 8.77. The van der Waals surface area contributed by atoms with E-state index < -0.39 is 0 Å². The maximum atomic E-state index is 12.4. The van der Waals surface area contributed by atoms with Gasteiger partial charge in [0.25, 0.3) is 0 Å². The van der Waals surface area contributed by atoms with Gasteiger partial charge in [-0.25, -0.2) is 9.97 Å². The predicted molar refractivity (Wildman–Crippen MR) is 108 cm³/mol. The highest BCUT2D eigenvalue weighted by molar-refractivity contribution is 5.94. The van der Waals surface area contributed by atoms with Crippen LogP contribution in [0.4, 0.5) is 5.82 Å². The zero-order chi connectivity index (χ0) is 19.2. The summed E-state index contributed by atoms with van der Waals surface area (Å²) in [5, 5.41) is 4.91. The van der Waals surface area contributed by atoms with E-state index in [1.165, 1.54) is 0 Å². The third-order valence-corrected chi connectivity index (χ3v) is 4.54. The number of unbranched alkanes of at least 4 members (excludes halogenated alkanes) is 1. The van der Waals surface area contributed by atoms with Crippen LogP contribution < -0.4 is 5.32 Å². The number of amides is 1. The Morgan fingerprint density at radius 1 is 1.15 bits per heavy atom. The van der Waals surface area contributed by atoms with Gasteiger partial charge in [0.05, 0.1) is 12.7 Å². The van der Waals surface area contributed by atoms with Crippen molar-refractivity contribution in [1.29, 1.82) is 0 Å². The first-order valence-corrected chi connectivity index (χ1v) is 9.44. The van der Waals surface area contributed by atoms with Crippen LogP contribution in [0.5, 0.6) is 0 Å². The summed E-state index contributed by atoms with van der Waals surface area (Å²) in [6.45, 7) is 8.23. The van der Waals surface area contributed by atoms with Crippen LogP contribution in [0.1, 0.15) is 32.6 Å². The van der Waals surface area contributed by atoms with Gasteiger partial charge in [-0.2, -0.15) is 0 Å². The zero-order valence-corrected chi connectivity index (χ0v) is 16.2. The van der Waals surface area contributed by atoms with Crippen molar-refractivity contribution in [3.8, 4) is 11.3 Å². The van der Waals surface area contributed by atoms with E-state index >= 15 is 0 Å². The number of oxazole rings is 1. The van der Waals surface area contributed by atoms with Crippen molar-refractivity contribution in [3.05, 3.63) is 42.5 Å². The van der Waals surface area contributed by atoms with E-state index in [0.29, 0.717) is 18.3 Å². The molecule has 0 spiro atoms. The number of benzene rings is 1. The molecule has 3 aromatic rings. The zero-order valence-electron chi connectivity index (χ0n) is 16.2. The van der Waals surface area contributed by atoms with Gasteiger partial charge in [-0.15, -0.1) is 0 Å². The van der Waals surface area contributed by atoms with Crippen LogP contribution in [-0.4, -0.2) is 40.4 Å². The van der Waals surface area contributed by atoms with E-state index in [-0.39, 0.29) is 5.91 Å². The molecule has 0 unspecified atom stereocenters. The van der Waals surface area contributed by atoms with Crippen molar-refractivity contribution < 1.29 is 9.21 Å². The molecule has 1 N–H and O–H groups in total. The van der Waals surface area contributed by atoms with E-state index in [4.69, 9.17) is 4.42 Å². The molecule has 6 nitrogen and oxygen atoms in total. The second-order valence-corrected chi connectivity index (χ2v) is 6.65. The fourth-order valence-electron chi connectivity index (χ4n) is 2.97. The van der Waals surface area contributed by atoms with Crippen LogP contribution in [0.2, 0.25) is 0 Å². The number of carbonyl (C=O) groups excluding carboxylic acids is 1. The number of hydrogen-bond acceptors (Lipinski definition) is 5. The number of hydrogen-bond donors (Lipinski definition) is 1. The summed E-state index contributed by atoms with van der Waals surface area (Å²) in [5.74, 6) is 1.88. The van der Waals surface area contributed by atoms with Gasteiger partial charge in [0.15, 0.2) is 11.7 Å². The minimum absolute atomic E-state index is 0.0400. The lowest BCUT2D eigenvalue weighted by Gasteiger charge is -2.19. The molecule has 142 valence electrons. The molecule has 0 atom stereocenters. The molecule has 6 heteroatoms. The number of anilines is 1. The Bertz CT molecular complexity index is 919. The molecule has 0 aliphatic rings. The summed E-state index contributed by atoms with van der Waals surface area (Å²) in [6.07, 6.45) is 5.71. The number of nitrogens with zero attached hydrogens (tertiary/aromatic N) is 3. The molecule has 2 aromatic heterocycles. The number of carbonyl (C=O) groups is 1. The second-order valence-electron chi connectivity index (χ2n) is 6.65. The van der Waals surface area contributed by atoms with Crippen LogP contribution in [0, 0.1) is 6.92 Å². The molecular weight excluding hydrogens is 340 g/mol. The summed E-state index contributed by atoms with van der Waals surface area (Å²) in [7, 11) is 0. The van der Waals surface area contributed by atoms with Crippen LogP contribution in [0.15, 0.2) is 41.1 Å². The maximum absolute atomic E-state index is 12.4. The maximum Gasteiger partial charge on any atom is 0.239 e. The lowest BCUT2D eigenvalue weighted by molar-refractivity contribution is -0.117. The number of rotatable bonds is 8. The molecule has 0 radical (unpaired) electrons. The van der Waals surface area contributed by atoms with E-state index in [1.54, 1.807) is 12.4 Å². The van der Waals surface area contributed by atoms with Crippen molar-refractivity contribution in [1.82, 2.24) is 14.9 Å². The van der Waals surface area contributed by atoms with Crippen molar-refractivity contribution in [2.75, 3.05) is 25.0 Å². The third kappa shape index (κ3) is 4.92. The van der Waals surface area contributed by atoms with Crippen molar-refractivity contribution in [2.45, 2.75) is 33.6 Å². The van der Waals surface area contributed by atoms with Crippen molar-refractivity contribution in [2.24, 2.45) is 0 Å². The van der Waals surface area contributed by atoms with Crippen molar-refractivity contribution >= 4 is 22.5 Å². The molecule has 0 bridgehead atoms. The molecule has 0 aliphatic carbocycles. The van der Waals surface area contributed by atoms with Gasteiger partial charge in [0.1, 0.15) is 5.82 Å². The molecule has 0 saturated carbocycles. The van der Waals surface area contributed by atoms with Gasteiger partial charge < -0.3 is 9.73 Å². The van der Waals surface area contributed by atoms with E-state index in [2.05, 4.69) is 34.0 Å². The molecule has 1 aromatic carbocycles. The predicted octanol–water partition coefficient (Wildman–Crippen LogP) is 4.26. The van der Waals surface area contributed by atoms with Crippen LogP contribution in [0.3, 0.4) is 0 Å². The number of pyridine rings is 1. The lowest BCUT2D eigenvalue weighted by atomic mass is 10.1. The van der Waals surface area contributed by atoms with Gasteiger partial charge in [-0.3, -0.25) is 9.69 Å². The minimum Gasteiger partial charge on any atom is -0.441 e. The number of aromatic nitrogens is 2. The lowest BCUT2D eigenvalue weighted by Crippen LogP contribution is -2.34. The highest BCUT2D eigenvalue weighted by atomic mass is 16.4. The molecule has 27 heavy (non-hydrogen) atoms. The molecule has 0 fully saturated rings. The quantitative estimate of drug-likeness (QED) is 0.645. The number of aryl methyl sites for hydroxylation is 1. The molecule has 3 rings (SSSR count). The normalized spacial score (nSPS) is 11.3. The Morgan fingerprint density at radius 2 is 2.00 bits per heavy atom. The Morgan fingerprint density at radius 3 is 2.70 bits per heavy atom. The van der Waals surface area contributed by atoms with Gasteiger partial charge in [0.2, 0.25) is 5.91 Å². The van der Waals surface area contributed by atoms with Gasteiger partial charge in [-0.05, 0) is 37.0 Å². The van der Waals surface area contributed by atoms with Crippen LogP contribution >= 0.6 is 0 Å². The van der Waals surface area contributed by atoms with Crippen LogP contribution in [-0.2, 0) is 4.79 Å². The first kappa shape index (κ1) is 19.0. The third-order valence-electron chi connectivity index (χ3n) is 4.54. The monoisotopic (exact) mass is 366 g/mol. The average molecular weight is 366 g/mol. The van der Waals surface area contributed by atoms with E-state index in [1.807, 2.05) is 31.2 Å².